The van der Waals surface area contributed by atoms with E-state index in [0.717, 1.165) is 16.3 Å². The molecular weight excluding hydrogens is 266 g/mol. The van der Waals surface area contributed by atoms with E-state index in [2.05, 4.69) is 5.32 Å². The minimum absolute atomic E-state index is 0.249. The number of ether oxygens (including phenoxy) is 1. The second kappa shape index (κ2) is 6.39. The van der Waals surface area contributed by atoms with E-state index in [-0.39, 0.29) is 5.91 Å². The standard InChI is InChI=1S/C17H19NO3/c1-4-14(17(20)21-3)18-16(19)15-11(2)9-10-12-7-5-6-8-13(12)15/h5-10,14H,4H2,1-3H3,(H,18,19). The fourth-order valence-corrected chi connectivity index (χ4v) is 2.38. The maximum Gasteiger partial charge on any atom is 0.328 e. The predicted molar refractivity (Wildman–Crippen MR) is 82.2 cm³/mol. The van der Waals surface area contributed by atoms with Crippen molar-refractivity contribution in [1.29, 1.82) is 0 Å². The smallest absolute Gasteiger partial charge is 0.328 e. The van der Waals surface area contributed by atoms with Gasteiger partial charge in [-0.15, -0.1) is 0 Å². The summed E-state index contributed by atoms with van der Waals surface area (Å²) >= 11 is 0. The van der Waals surface area contributed by atoms with Crippen LogP contribution in [-0.2, 0) is 9.53 Å². The lowest BCUT2D eigenvalue weighted by atomic mass is 9.99. The van der Waals surface area contributed by atoms with Crippen LogP contribution < -0.4 is 5.32 Å². The van der Waals surface area contributed by atoms with Gasteiger partial charge in [0.1, 0.15) is 6.04 Å². The third-order valence-corrected chi connectivity index (χ3v) is 3.56. The fraction of sp³-hybridized carbons (Fsp3) is 0.294. The Hall–Kier alpha value is -2.36. The number of carbonyl (C=O) groups excluding carboxylic acids is 2. The van der Waals surface area contributed by atoms with Gasteiger partial charge in [0.15, 0.2) is 0 Å². The number of fused-ring (bicyclic) bond motifs is 1. The van der Waals surface area contributed by atoms with Crippen molar-refractivity contribution in [3.63, 3.8) is 0 Å². The molecule has 2 aromatic rings. The zero-order valence-electron chi connectivity index (χ0n) is 12.5. The van der Waals surface area contributed by atoms with Crippen molar-refractivity contribution < 1.29 is 14.3 Å². The van der Waals surface area contributed by atoms with E-state index in [0.29, 0.717) is 12.0 Å². The van der Waals surface area contributed by atoms with E-state index in [9.17, 15) is 9.59 Å². The van der Waals surface area contributed by atoms with Crippen molar-refractivity contribution in [2.24, 2.45) is 0 Å². The number of carbonyl (C=O) groups is 2. The van der Waals surface area contributed by atoms with Crippen LogP contribution in [0, 0.1) is 6.92 Å². The van der Waals surface area contributed by atoms with Crippen LogP contribution in [0.4, 0.5) is 0 Å². The molecule has 0 saturated heterocycles. The molecule has 0 radical (unpaired) electrons. The van der Waals surface area contributed by atoms with Gasteiger partial charge in [-0.3, -0.25) is 4.79 Å². The topological polar surface area (TPSA) is 55.4 Å². The van der Waals surface area contributed by atoms with Crippen LogP contribution >= 0.6 is 0 Å². The molecule has 2 aromatic carbocycles. The number of hydrogen-bond acceptors (Lipinski definition) is 3. The maximum absolute atomic E-state index is 12.6. The largest absolute Gasteiger partial charge is 0.467 e. The van der Waals surface area contributed by atoms with Gasteiger partial charge in [0.05, 0.1) is 12.7 Å². The molecule has 0 heterocycles. The zero-order valence-corrected chi connectivity index (χ0v) is 12.5. The van der Waals surface area contributed by atoms with Crippen LogP contribution in [0.15, 0.2) is 36.4 Å². The number of aryl methyl sites for hydroxylation is 1. The van der Waals surface area contributed by atoms with Crippen molar-refractivity contribution in [3.8, 4) is 0 Å². The Kier molecular flexibility index (Phi) is 4.58. The summed E-state index contributed by atoms with van der Waals surface area (Å²) in [6, 6.07) is 11.0. The molecule has 2 rings (SSSR count). The summed E-state index contributed by atoms with van der Waals surface area (Å²) in [5.41, 5.74) is 1.49. The Labute approximate surface area is 124 Å². The molecule has 1 unspecified atom stereocenters. The third kappa shape index (κ3) is 3.05. The highest BCUT2D eigenvalue weighted by molar-refractivity contribution is 6.09. The van der Waals surface area contributed by atoms with Crippen LogP contribution in [-0.4, -0.2) is 25.0 Å². The number of esters is 1. The average molecular weight is 285 g/mol. The van der Waals surface area contributed by atoms with Crippen LogP contribution in [0.1, 0.15) is 29.3 Å². The van der Waals surface area contributed by atoms with Crippen molar-refractivity contribution in [2.75, 3.05) is 7.11 Å². The van der Waals surface area contributed by atoms with Gasteiger partial charge >= 0.3 is 5.97 Å². The first-order chi connectivity index (χ1) is 10.1. The Morgan fingerprint density at radius 3 is 2.57 bits per heavy atom. The van der Waals surface area contributed by atoms with Gasteiger partial charge in [-0.1, -0.05) is 43.3 Å². The SMILES string of the molecule is CCC(NC(=O)c1c(C)ccc2ccccc12)C(=O)OC. The number of benzene rings is 2. The number of rotatable bonds is 4. The normalized spacial score (nSPS) is 12.0. The van der Waals surface area contributed by atoms with E-state index in [4.69, 9.17) is 4.74 Å². The number of nitrogens with one attached hydrogen (secondary N) is 1. The molecule has 0 aliphatic carbocycles. The fourth-order valence-electron chi connectivity index (χ4n) is 2.38. The lowest BCUT2D eigenvalue weighted by Gasteiger charge is -2.16. The number of hydrogen-bond donors (Lipinski definition) is 1. The quantitative estimate of drug-likeness (QED) is 0.879. The van der Waals surface area contributed by atoms with E-state index in [1.54, 1.807) is 0 Å². The highest BCUT2D eigenvalue weighted by Crippen LogP contribution is 2.22. The molecule has 4 nitrogen and oxygen atoms in total. The van der Waals surface area contributed by atoms with Crippen LogP contribution in [0.25, 0.3) is 10.8 Å². The number of amides is 1. The Balaban J connectivity index is 2.39. The second-order valence-electron chi connectivity index (χ2n) is 4.94. The van der Waals surface area contributed by atoms with Gasteiger partial charge in [-0.25, -0.2) is 4.79 Å². The molecule has 0 saturated carbocycles. The molecule has 0 aromatic heterocycles. The van der Waals surface area contributed by atoms with E-state index < -0.39 is 12.0 Å². The molecule has 1 atom stereocenters. The maximum atomic E-state index is 12.6. The molecule has 110 valence electrons. The van der Waals surface area contributed by atoms with E-state index in [1.165, 1.54) is 7.11 Å². The summed E-state index contributed by atoms with van der Waals surface area (Å²) in [6.07, 6.45) is 0.488. The number of methoxy groups -OCH3 is 1. The summed E-state index contributed by atoms with van der Waals surface area (Å²) in [5, 5.41) is 4.64. The zero-order chi connectivity index (χ0) is 15.4. The Morgan fingerprint density at radius 1 is 1.19 bits per heavy atom. The summed E-state index contributed by atoms with van der Waals surface area (Å²) in [4.78, 5) is 24.2. The second-order valence-corrected chi connectivity index (χ2v) is 4.94. The molecule has 0 aliphatic heterocycles. The van der Waals surface area contributed by atoms with Crippen molar-refractivity contribution in [1.82, 2.24) is 5.32 Å². The first-order valence-corrected chi connectivity index (χ1v) is 6.95. The molecule has 0 fully saturated rings. The minimum atomic E-state index is -0.624. The van der Waals surface area contributed by atoms with Crippen LogP contribution in [0.2, 0.25) is 0 Å². The molecule has 0 aliphatic rings. The highest BCUT2D eigenvalue weighted by atomic mass is 16.5. The monoisotopic (exact) mass is 285 g/mol. The van der Waals surface area contributed by atoms with Crippen molar-refractivity contribution in [2.45, 2.75) is 26.3 Å². The molecule has 1 N–H and O–H groups in total. The Bertz CT molecular complexity index is 679. The van der Waals surface area contributed by atoms with Gasteiger partial charge < -0.3 is 10.1 Å². The van der Waals surface area contributed by atoms with Gasteiger partial charge in [0, 0.05) is 0 Å². The minimum Gasteiger partial charge on any atom is -0.467 e. The van der Waals surface area contributed by atoms with E-state index in [1.807, 2.05) is 50.2 Å². The Morgan fingerprint density at radius 2 is 1.90 bits per heavy atom. The van der Waals surface area contributed by atoms with Gasteiger partial charge in [-0.2, -0.15) is 0 Å². The average Bonchev–Trinajstić information content (AvgIpc) is 2.51. The van der Waals surface area contributed by atoms with Crippen LogP contribution in [0.5, 0.6) is 0 Å². The molecule has 0 bridgehead atoms. The predicted octanol–water partition coefficient (Wildman–Crippen LogP) is 2.83. The first kappa shape index (κ1) is 15.0. The highest BCUT2D eigenvalue weighted by Gasteiger charge is 2.22. The summed E-state index contributed by atoms with van der Waals surface area (Å²) in [7, 11) is 1.32. The van der Waals surface area contributed by atoms with Gasteiger partial charge in [0.2, 0.25) is 0 Å². The molecule has 0 spiro atoms. The lowest BCUT2D eigenvalue weighted by molar-refractivity contribution is -0.142. The molecule has 4 heteroatoms. The molecule has 21 heavy (non-hydrogen) atoms. The van der Waals surface area contributed by atoms with E-state index >= 15 is 0 Å². The summed E-state index contributed by atoms with van der Waals surface area (Å²) in [6.45, 7) is 3.72. The third-order valence-electron chi connectivity index (χ3n) is 3.56. The lowest BCUT2D eigenvalue weighted by Crippen LogP contribution is -2.41. The van der Waals surface area contributed by atoms with Crippen molar-refractivity contribution >= 4 is 22.6 Å². The molecule has 1 amide bonds. The van der Waals surface area contributed by atoms with Gasteiger partial charge in [-0.05, 0) is 29.7 Å². The summed E-state index contributed by atoms with van der Waals surface area (Å²) < 4.78 is 4.70. The molecular formula is C17H19NO3. The van der Waals surface area contributed by atoms with Crippen molar-refractivity contribution in [3.05, 3.63) is 47.5 Å². The van der Waals surface area contributed by atoms with Gasteiger partial charge in [0.25, 0.3) is 5.91 Å². The first-order valence-electron chi connectivity index (χ1n) is 6.95. The van der Waals surface area contributed by atoms with Crippen LogP contribution in [0.3, 0.4) is 0 Å². The summed E-state index contributed by atoms with van der Waals surface area (Å²) in [5.74, 6) is -0.676.